The van der Waals surface area contributed by atoms with E-state index in [0.29, 0.717) is 10.8 Å². The number of hydrogen-bond donors (Lipinski definition) is 1. The Morgan fingerprint density at radius 1 is 1.10 bits per heavy atom. The van der Waals surface area contributed by atoms with Gasteiger partial charge in [0.05, 0.1) is 12.1 Å². The number of benzene rings is 2. The molecule has 0 aliphatic rings. The molecule has 0 aliphatic carbocycles. The molecule has 1 N–H and O–H groups in total. The number of nitrogens with one attached hydrogen (secondary N) is 1. The van der Waals surface area contributed by atoms with Crippen LogP contribution in [-0.2, 0) is 6.54 Å². The van der Waals surface area contributed by atoms with Gasteiger partial charge in [-0.15, -0.1) is 0 Å². The maximum Gasteiger partial charge on any atom is 0.137 e. The molecule has 2 rings (SSSR count). The van der Waals surface area contributed by atoms with E-state index in [-0.39, 0.29) is 6.04 Å². The Kier molecular flexibility index (Phi) is 5.30. The molecule has 0 unspecified atom stereocenters. The Hall–Kier alpha value is -1.22. The Morgan fingerprint density at radius 2 is 1.80 bits per heavy atom. The molecular formula is C16H17Cl2NO. The van der Waals surface area contributed by atoms with Crippen LogP contribution >= 0.6 is 23.2 Å². The lowest BCUT2D eigenvalue weighted by Crippen LogP contribution is -2.18. The molecule has 0 bridgehead atoms. The predicted molar refractivity (Wildman–Crippen MR) is 84.7 cm³/mol. The normalized spacial score (nSPS) is 12.2. The third kappa shape index (κ3) is 3.89. The van der Waals surface area contributed by atoms with Gasteiger partial charge in [0.1, 0.15) is 5.75 Å². The Labute approximate surface area is 129 Å². The van der Waals surface area contributed by atoms with Crippen LogP contribution in [0.4, 0.5) is 0 Å². The maximum atomic E-state index is 6.11. The van der Waals surface area contributed by atoms with Crippen molar-refractivity contribution < 1.29 is 4.74 Å². The molecule has 106 valence electrons. The molecule has 0 fully saturated rings. The van der Waals surface area contributed by atoms with Crippen LogP contribution in [0.1, 0.15) is 24.1 Å². The van der Waals surface area contributed by atoms with Crippen molar-refractivity contribution in [1.29, 1.82) is 0 Å². The predicted octanol–water partition coefficient (Wildman–Crippen LogP) is 4.85. The number of rotatable bonds is 5. The van der Waals surface area contributed by atoms with E-state index in [1.807, 2.05) is 42.5 Å². The fraction of sp³-hybridized carbons (Fsp3) is 0.250. The molecule has 0 saturated carbocycles. The molecule has 0 aromatic heterocycles. The summed E-state index contributed by atoms with van der Waals surface area (Å²) in [6.07, 6.45) is 0. The minimum atomic E-state index is 0.244. The molecule has 0 heterocycles. The monoisotopic (exact) mass is 309 g/mol. The van der Waals surface area contributed by atoms with Crippen LogP contribution < -0.4 is 10.1 Å². The average molecular weight is 310 g/mol. The SMILES string of the molecule is COc1ccc(CN[C@H](C)c2ccc(Cl)cc2)cc1Cl. The summed E-state index contributed by atoms with van der Waals surface area (Å²) in [4.78, 5) is 0. The van der Waals surface area contributed by atoms with Gasteiger partial charge in [-0.3, -0.25) is 0 Å². The standard InChI is InChI=1S/C16H17Cl2NO/c1-11(13-4-6-14(17)7-5-13)19-10-12-3-8-16(20-2)15(18)9-12/h3-9,11,19H,10H2,1-2H3/t11-/m1/s1. The fourth-order valence-corrected chi connectivity index (χ4v) is 2.37. The third-order valence-electron chi connectivity index (χ3n) is 3.20. The minimum absolute atomic E-state index is 0.244. The van der Waals surface area contributed by atoms with E-state index >= 15 is 0 Å². The highest BCUT2D eigenvalue weighted by atomic mass is 35.5. The summed E-state index contributed by atoms with van der Waals surface area (Å²) in [5.41, 5.74) is 2.32. The topological polar surface area (TPSA) is 21.3 Å². The van der Waals surface area contributed by atoms with Gasteiger partial charge in [0, 0.05) is 17.6 Å². The van der Waals surface area contributed by atoms with Crippen LogP contribution in [0, 0.1) is 0 Å². The quantitative estimate of drug-likeness (QED) is 0.852. The van der Waals surface area contributed by atoms with Gasteiger partial charge in [-0.1, -0.05) is 41.4 Å². The third-order valence-corrected chi connectivity index (χ3v) is 3.75. The largest absolute Gasteiger partial charge is 0.495 e. The van der Waals surface area contributed by atoms with E-state index in [4.69, 9.17) is 27.9 Å². The lowest BCUT2D eigenvalue weighted by Gasteiger charge is -2.15. The molecule has 2 nitrogen and oxygen atoms in total. The zero-order valence-electron chi connectivity index (χ0n) is 11.5. The number of hydrogen-bond acceptors (Lipinski definition) is 2. The van der Waals surface area contributed by atoms with Crippen molar-refractivity contribution in [1.82, 2.24) is 5.32 Å². The second-order valence-corrected chi connectivity index (χ2v) is 5.47. The van der Waals surface area contributed by atoms with Gasteiger partial charge in [-0.2, -0.15) is 0 Å². The molecule has 20 heavy (non-hydrogen) atoms. The van der Waals surface area contributed by atoms with E-state index in [0.717, 1.165) is 17.1 Å². The van der Waals surface area contributed by atoms with Gasteiger partial charge < -0.3 is 10.1 Å². The van der Waals surface area contributed by atoms with E-state index < -0.39 is 0 Å². The van der Waals surface area contributed by atoms with Crippen LogP contribution in [0.2, 0.25) is 10.0 Å². The van der Waals surface area contributed by atoms with Crippen LogP contribution in [0.25, 0.3) is 0 Å². The van der Waals surface area contributed by atoms with Gasteiger partial charge in [-0.25, -0.2) is 0 Å². The fourth-order valence-electron chi connectivity index (χ4n) is 1.96. The first-order valence-electron chi connectivity index (χ1n) is 6.41. The molecule has 1 atom stereocenters. The van der Waals surface area contributed by atoms with Crippen molar-refractivity contribution in [3.63, 3.8) is 0 Å². The van der Waals surface area contributed by atoms with E-state index in [2.05, 4.69) is 12.2 Å². The maximum absolute atomic E-state index is 6.11. The van der Waals surface area contributed by atoms with Crippen molar-refractivity contribution >= 4 is 23.2 Å². The highest BCUT2D eigenvalue weighted by molar-refractivity contribution is 6.32. The number of ether oxygens (including phenoxy) is 1. The zero-order valence-corrected chi connectivity index (χ0v) is 13.0. The van der Waals surface area contributed by atoms with Gasteiger partial charge in [-0.05, 0) is 42.3 Å². The number of methoxy groups -OCH3 is 1. The Bertz CT molecular complexity index is 569. The second-order valence-electron chi connectivity index (χ2n) is 4.62. The summed E-state index contributed by atoms with van der Waals surface area (Å²) < 4.78 is 5.14. The smallest absolute Gasteiger partial charge is 0.137 e. The second kappa shape index (κ2) is 6.98. The van der Waals surface area contributed by atoms with E-state index in [1.165, 1.54) is 5.56 Å². The van der Waals surface area contributed by atoms with Gasteiger partial charge in [0.25, 0.3) is 0 Å². The molecule has 0 radical (unpaired) electrons. The molecule has 0 spiro atoms. The van der Waals surface area contributed by atoms with Crippen LogP contribution in [0.15, 0.2) is 42.5 Å². The van der Waals surface area contributed by atoms with Crippen molar-refractivity contribution in [2.24, 2.45) is 0 Å². The molecular weight excluding hydrogens is 293 g/mol. The van der Waals surface area contributed by atoms with Crippen LogP contribution in [0.5, 0.6) is 5.75 Å². The highest BCUT2D eigenvalue weighted by Crippen LogP contribution is 2.25. The summed E-state index contributed by atoms with van der Waals surface area (Å²) >= 11 is 12.0. The molecule has 2 aromatic rings. The lowest BCUT2D eigenvalue weighted by atomic mass is 10.1. The molecule has 0 aliphatic heterocycles. The summed E-state index contributed by atoms with van der Waals surface area (Å²) in [5.74, 6) is 0.696. The summed E-state index contributed by atoms with van der Waals surface area (Å²) in [6.45, 7) is 2.86. The first-order chi connectivity index (χ1) is 9.60. The first kappa shape index (κ1) is 15.2. The van der Waals surface area contributed by atoms with Gasteiger partial charge in [0.2, 0.25) is 0 Å². The summed E-state index contributed by atoms with van der Waals surface area (Å²) in [5, 5.41) is 4.84. The highest BCUT2D eigenvalue weighted by Gasteiger charge is 2.06. The Balaban J connectivity index is 1.97. The van der Waals surface area contributed by atoms with Crippen LogP contribution in [-0.4, -0.2) is 7.11 Å². The van der Waals surface area contributed by atoms with Gasteiger partial charge in [0.15, 0.2) is 0 Å². The first-order valence-corrected chi connectivity index (χ1v) is 7.17. The number of halogens is 2. The molecule has 2 aromatic carbocycles. The van der Waals surface area contributed by atoms with E-state index in [1.54, 1.807) is 7.11 Å². The van der Waals surface area contributed by atoms with Crippen molar-refractivity contribution in [2.75, 3.05) is 7.11 Å². The lowest BCUT2D eigenvalue weighted by molar-refractivity contribution is 0.414. The van der Waals surface area contributed by atoms with Gasteiger partial charge >= 0.3 is 0 Å². The van der Waals surface area contributed by atoms with E-state index in [9.17, 15) is 0 Å². The van der Waals surface area contributed by atoms with Crippen LogP contribution in [0.3, 0.4) is 0 Å². The molecule has 4 heteroatoms. The summed E-state index contributed by atoms with van der Waals surface area (Å²) in [6, 6.07) is 13.9. The van der Waals surface area contributed by atoms with Crippen molar-refractivity contribution in [3.05, 3.63) is 63.6 Å². The molecule has 0 amide bonds. The molecule has 0 saturated heterocycles. The van der Waals surface area contributed by atoms with Crippen molar-refractivity contribution in [3.8, 4) is 5.75 Å². The average Bonchev–Trinajstić information content (AvgIpc) is 2.45. The summed E-state index contributed by atoms with van der Waals surface area (Å²) in [7, 11) is 1.61. The minimum Gasteiger partial charge on any atom is -0.495 e. The Morgan fingerprint density at radius 3 is 2.40 bits per heavy atom. The van der Waals surface area contributed by atoms with Crippen molar-refractivity contribution in [2.45, 2.75) is 19.5 Å². The zero-order chi connectivity index (χ0) is 14.5.